The second-order valence-corrected chi connectivity index (χ2v) is 11.9. The molecule has 2 heterocycles. The maximum atomic E-state index is 14.7. The SMILES string of the molecule is N#Cc1ccnc(N2C(=O)[C@H](O)C[C@H]2C(=O)N(c2cccc(F)c2)[C@H](C(=O)NC2CCC(F)(F)CC2)c2ccccc2I)c1. The second kappa shape index (κ2) is 12.9. The lowest BCUT2D eigenvalue weighted by Gasteiger charge is -2.37. The number of nitrogens with zero attached hydrogens (tertiary/aromatic N) is 4. The van der Waals surface area contributed by atoms with E-state index in [1.54, 1.807) is 24.3 Å². The topological polar surface area (TPSA) is 127 Å². The highest BCUT2D eigenvalue weighted by Gasteiger charge is 2.48. The lowest BCUT2D eigenvalue weighted by Crippen LogP contribution is -2.53. The van der Waals surface area contributed by atoms with Crippen LogP contribution in [0.4, 0.5) is 24.7 Å². The van der Waals surface area contributed by atoms with E-state index in [4.69, 9.17) is 0 Å². The van der Waals surface area contributed by atoms with Crippen molar-refractivity contribution in [1.82, 2.24) is 10.3 Å². The van der Waals surface area contributed by atoms with Gasteiger partial charge in [0.1, 0.15) is 29.8 Å². The monoisotopic (exact) mass is 717 g/mol. The Morgan fingerprint density at radius 1 is 1.14 bits per heavy atom. The summed E-state index contributed by atoms with van der Waals surface area (Å²) in [5.74, 6) is -5.90. The van der Waals surface area contributed by atoms with Crippen LogP contribution in [-0.4, -0.2) is 51.9 Å². The first kappa shape index (κ1) is 31.4. The first-order chi connectivity index (χ1) is 21.0. The molecule has 1 aliphatic heterocycles. The molecule has 0 unspecified atom stereocenters. The highest BCUT2D eigenvalue weighted by atomic mass is 127. The Morgan fingerprint density at radius 2 is 1.86 bits per heavy atom. The molecule has 2 fully saturated rings. The Labute approximate surface area is 264 Å². The van der Waals surface area contributed by atoms with E-state index < -0.39 is 66.5 Å². The minimum Gasteiger partial charge on any atom is -0.383 e. The van der Waals surface area contributed by atoms with Gasteiger partial charge in [0.05, 0.1) is 11.6 Å². The van der Waals surface area contributed by atoms with E-state index in [1.165, 1.54) is 36.5 Å². The number of alkyl halides is 2. The van der Waals surface area contributed by atoms with Crippen molar-refractivity contribution in [3.63, 3.8) is 0 Å². The zero-order valence-corrected chi connectivity index (χ0v) is 25.3. The van der Waals surface area contributed by atoms with Crippen LogP contribution in [0.3, 0.4) is 0 Å². The van der Waals surface area contributed by atoms with Crippen molar-refractivity contribution in [2.24, 2.45) is 0 Å². The summed E-state index contributed by atoms with van der Waals surface area (Å²) in [6.07, 6.45) is -1.40. The first-order valence-corrected chi connectivity index (χ1v) is 15.0. The van der Waals surface area contributed by atoms with Gasteiger partial charge in [-0.2, -0.15) is 5.26 Å². The van der Waals surface area contributed by atoms with E-state index in [-0.39, 0.29) is 36.3 Å². The van der Waals surface area contributed by atoms with Crippen molar-refractivity contribution in [2.45, 2.75) is 62.3 Å². The third-order valence-corrected chi connectivity index (χ3v) is 8.76. The Bertz CT molecular complexity index is 1620. The number of pyridine rings is 1. The fourth-order valence-electron chi connectivity index (χ4n) is 5.58. The summed E-state index contributed by atoms with van der Waals surface area (Å²) >= 11 is 2.01. The van der Waals surface area contributed by atoms with Gasteiger partial charge in [0.25, 0.3) is 11.8 Å². The van der Waals surface area contributed by atoms with Crippen molar-refractivity contribution in [3.8, 4) is 6.07 Å². The van der Waals surface area contributed by atoms with Crippen LogP contribution in [0, 0.1) is 20.7 Å². The number of nitriles is 1. The fourth-order valence-corrected chi connectivity index (χ4v) is 6.27. The average molecular weight is 717 g/mol. The number of carbonyl (C=O) groups is 3. The van der Waals surface area contributed by atoms with Crippen LogP contribution in [0.1, 0.15) is 49.3 Å². The molecule has 2 aromatic carbocycles. The standard InChI is InChI=1S/C31H27F3IN5O4/c32-19-4-3-5-21(15-19)39(29(43)24-16-25(41)30(44)40(24)26-14-18(17-36)10-13-37-26)27(22-6-1-2-7-23(22)35)28(42)38-20-8-11-31(33,34)12-9-20/h1-7,10,13-15,20,24-25,27,41H,8-9,11-12,16H2,(H,38,42)/t24-,25+,27-/m0/s1. The largest absolute Gasteiger partial charge is 0.383 e. The highest BCUT2D eigenvalue weighted by Crippen LogP contribution is 2.37. The number of aromatic nitrogens is 1. The van der Waals surface area contributed by atoms with Crippen molar-refractivity contribution in [3.05, 3.63) is 87.4 Å². The van der Waals surface area contributed by atoms with Crippen molar-refractivity contribution >= 4 is 51.8 Å². The Kier molecular flexibility index (Phi) is 9.21. The van der Waals surface area contributed by atoms with Gasteiger partial charge in [-0.05, 0) is 77.4 Å². The molecule has 5 rings (SSSR count). The van der Waals surface area contributed by atoms with Crippen LogP contribution in [0.2, 0.25) is 0 Å². The predicted molar refractivity (Wildman–Crippen MR) is 162 cm³/mol. The summed E-state index contributed by atoms with van der Waals surface area (Å²) < 4.78 is 43.0. The number of rotatable bonds is 7. The average Bonchev–Trinajstić information content (AvgIpc) is 3.30. The molecule has 2 aliphatic rings. The van der Waals surface area contributed by atoms with E-state index in [0.29, 0.717) is 9.13 Å². The number of aliphatic hydroxyl groups excluding tert-OH is 1. The van der Waals surface area contributed by atoms with E-state index in [9.17, 15) is 37.9 Å². The summed E-state index contributed by atoms with van der Waals surface area (Å²) in [7, 11) is 0. The maximum absolute atomic E-state index is 14.7. The quantitative estimate of drug-likeness (QED) is 0.344. The molecular formula is C31H27F3IN5O4. The van der Waals surface area contributed by atoms with Crippen LogP contribution in [0.5, 0.6) is 0 Å². The minimum atomic E-state index is -2.82. The number of nitrogens with one attached hydrogen (secondary N) is 1. The van der Waals surface area contributed by atoms with Crippen LogP contribution in [0.15, 0.2) is 66.9 Å². The molecule has 3 aromatic rings. The highest BCUT2D eigenvalue weighted by molar-refractivity contribution is 14.1. The Morgan fingerprint density at radius 3 is 2.55 bits per heavy atom. The zero-order chi connectivity index (χ0) is 31.6. The number of aliphatic hydroxyl groups is 1. The van der Waals surface area contributed by atoms with Crippen LogP contribution in [-0.2, 0) is 14.4 Å². The van der Waals surface area contributed by atoms with E-state index >= 15 is 0 Å². The second-order valence-electron chi connectivity index (χ2n) is 10.7. The van der Waals surface area contributed by atoms with Gasteiger partial charge in [0.2, 0.25) is 11.8 Å². The molecule has 1 saturated heterocycles. The Hall–Kier alpha value is -4.03. The number of halogens is 4. The van der Waals surface area contributed by atoms with E-state index in [0.717, 1.165) is 15.9 Å². The summed E-state index contributed by atoms with van der Waals surface area (Å²) in [6, 6.07) is 13.1. The molecule has 0 radical (unpaired) electrons. The summed E-state index contributed by atoms with van der Waals surface area (Å²) in [4.78, 5) is 48.1. The molecule has 2 N–H and O–H groups in total. The van der Waals surface area contributed by atoms with E-state index in [1.807, 2.05) is 28.7 Å². The molecule has 1 aromatic heterocycles. The van der Waals surface area contributed by atoms with E-state index in [2.05, 4.69) is 10.3 Å². The van der Waals surface area contributed by atoms with Gasteiger partial charge in [-0.3, -0.25) is 24.2 Å². The Balaban J connectivity index is 1.61. The van der Waals surface area contributed by atoms with Gasteiger partial charge in [0.15, 0.2) is 0 Å². The lowest BCUT2D eigenvalue weighted by atomic mass is 9.91. The molecule has 13 heteroatoms. The number of benzene rings is 2. The third-order valence-electron chi connectivity index (χ3n) is 7.78. The minimum absolute atomic E-state index is 0.00231. The molecule has 0 bridgehead atoms. The normalized spacial score (nSPS) is 20.5. The molecule has 44 heavy (non-hydrogen) atoms. The first-order valence-electron chi connectivity index (χ1n) is 13.9. The fraction of sp³-hybridized carbons (Fsp3) is 0.323. The van der Waals surface area contributed by atoms with Crippen LogP contribution in [0.25, 0.3) is 0 Å². The molecule has 1 saturated carbocycles. The van der Waals surface area contributed by atoms with Crippen LogP contribution < -0.4 is 15.1 Å². The molecule has 228 valence electrons. The van der Waals surface area contributed by atoms with Gasteiger partial charge in [-0.15, -0.1) is 0 Å². The molecule has 3 amide bonds. The van der Waals surface area contributed by atoms with Crippen molar-refractivity contribution < 1.29 is 32.7 Å². The number of anilines is 2. The molecule has 1 aliphatic carbocycles. The summed E-state index contributed by atoms with van der Waals surface area (Å²) in [5.41, 5.74) is 0.536. The van der Waals surface area contributed by atoms with Gasteiger partial charge in [-0.25, -0.2) is 18.2 Å². The van der Waals surface area contributed by atoms with Crippen molar-refractivity contribution in [2.75, 3.05) is 9.80 Å². The van der Waals surface area contributed by atoms with Gasteiger partial charge >= 0.3 is 0 Å². The van der Waals surface area contributed by atoms with Gasteiger partial charge < -0.3 is 10.4 Å². The van der Waals surface area contributed by atoms with Crippen LogP contribution >= 0.6 is 22.6 Å². The molecule has 9 nitrogen and oxygen atoms in total. The number of carbonyl (C=O) groups excluding carboxylic acids is 3. The molecule has 3 atom stereocenters. The number of amides is 3. The number of hydrogen-bond donors (Lipinski definition) is 2. The predicted octanol–water partition coefficient (Wildman–Crippen LogP) is 4.63. The summed E-state index contributed by atoms with van der Waals surface area (Å²) in [6.45, 7) is 0. The lowest BCUT2D eigenvalue weighted by molar-refractivity contribution is -0.128. The maximum Gasteiger partial charge on any atom is 0.257 e. The molecule has 0 spiro atoms. The third kappa shape index (κ3) is 6.56. The van der Waals surface area contributed by atoms with Crippen molar-refractivity contribution in [1.29, 1.82) is 5.26 Å². The van der Waals surface area contributed by atoms with Gasteiger partial charge in [-0.1, -0.05) is 24.3 Å². The smallest absolute Gasteiger partial charge is 0.257 e. The summed E-state index contributed by atoms with van der Waals surface area (Å²) in [5, 5.41) is 22.8. The van der Waals surface area contributed by atoms with Gasteiger partial charge in [0, 0.05) is 40.8 Å². The zero-order valence-electron chi connectivity index (χ0n) is 23.2. The molecular weight excluding hydrogens is 690 g/mol. The number of hydrogen-bond acceptors (Lipinski definition) is 6.